The molecule has 0 atom stereocenters. The van der Waals surface area contributed by atoms with Crippen LogP contribution in [0.15, 0.2) is 61.1 Å². The van der Waals surface area contributed by atoms with Gasteiger partial charge < -0.3 is 5.73 Å². The highest BCUT2D eigenvalue weighted by Crippen LogP contribution is 2.28. The first-order valence-corrected chi connectivity index (χ1v) is 11.8. The van der Waals surface area contributed by atoms with Crippen molar-refractivity contribution in [3.05, 3.63) is 83.0 Å². The van der Waals surface area contributed by atoms with Gasteiger partial charge in [0.25, 0.3) is 0 Å². The van der Waals surface area contributed by atoms with Crippen molar-refractivity contribution >= 4 is 17.2 Å². The highest BCUT2D eigenvalue weighted by molar-refractivity contribution is 6.30. The Hall–Kier alpha value is -2.76. The lowest BCUT2D eigenvalue weighted by molar-refractivity contribution is 0.323. The molecule has 4 aromatic rings. The fourth-order valence-electron chi connectivity index (χ4n) is 4.66. The fraction of sp³-hybridized carbons (Fsp3) is 0.346. The summed E-state index contributed by atoms with van der Waals surface area (Å²) in [5.74, 6) is 0.642. The molecule has 0 bridgehead atoms. The first kappa shape index (κ1) is 21.1. The topological polar surface area (TPSA) is 69.1 Å². The second-order valence-corrected chi connectivity index (χ2v) is 9.27. The van der Waals surface area contributed by atoms with Gasteiger partial charge in [-0.05, 0) is 80.7 Å². The molecule has 1 aliphatic carbocycles. The summed E-state index contributed by atoms with van der Waals surface area (Å²) >= 11 is 6.00. The molecule has 3 aromatic heterocycles. The Labute approximate surface area is 193 Å². The van der Waals surface area contributed by atoms with E-state index >= 15 is 0 Å². The first-order valence-electron chi connectivity index (χ1n) is 11.4. The van der Waals surface area contributed by atoms with Crippen LogP contribution < -0.4 is 5.73 Å². The molecule has 1 aromatic carbocycles. The number of aryl methyl sites for hydroxylation is 2. The monoisotopic (exact) mass is 445 g/mol. The van der Waals surface area contributed by atoms with Gasteiger partial charge in [-0.15, -0.1) is 0 Å². The van der Waals surface area contributed by atoms with Crippen molar-refractivity contribution in [2.75, 3.05) is 0 Å². The van der Waals surface area contributed by atoms with Crippen LogP contribution in [0.1, 0.15) is 42.6 Å². The number of hydrogen-bond donors (Lipinski definition) is 1. The summed E-state index contributed by atoms with van der Waals surface area (Å²) in [6.45, 7) is 0. The zero-order chi connectivity index (χ0) is 21.9. The quantitative estimate of drug-likeness (QED) is 0.437. The Bertz CT molecular complexity index is 1190. The number of nitrogens with two attached hydrogens (primary N) is 1. The molecule has 0 spiro atoms. The van der Waals surface area contributed by atoms with E-state index in [-0.39, 0.29) is 0 Å². The van der Waals surface area contributed by atoms with Gasteiger partial charge in [-0.3, -0.25) is 14.4 Å². The van der Waals surface area contributed by atoms with Gasteiger partial charge in [0.1, 0.15) is 0 Å². The van der Waals surface area contributed by atoms with Crippen molar-refractivity contribution in [1.82, 2.24) is 19.4 Å². The number of fused-ring (bicyclic) bond motifs is 1. The predicted octanol–water partition coefficient (Wildman–Crippen LogP) is 5.29. The number of hydrogen-bond acceptors (Lipinski definition) is 4. The molecule has 32 heavy (non-hydrogen) atoms. The van der Waals surface area contributed by atoms with E-state index in [0.29, 0.717) is 12.0 Å². The Kier molecular flexibility index (Phi) is 6.19. The van der Waals surface area contributed by atoms with Gasteiger partial charge in [-0.1, -0.05) is 29.8 Å². The van der Waals surface area contributed by atoms with Gasteiger partial charge in [0.05, 0.1) is 23.3 Å². The lowest BCUT2D eigenvalue weighted by Gasteiger charge is -2.25. The number of halogens is 1. The van der Waals surface area contributed by atoms with Gasteiger partial charge in [0.15, 0.2) is 5.65 Å². The van der Waals surface area contributed by atoms with E-state index in [9.17, 15) is 0 Å². The third-order valence-electron chi connectivity index (χ3n) is 6.53. The maximum atomic E-state index is 6.08. The van der Waals surface area contributed by atoms with E-state index in [1.54, 1.807) is 0 Å². The van der Waals surface area contributed by atoms with Crippen molar-refractivity contribution < 1.29 is 0 Å². The van der Waals surface area contributed by atoms with Crippen LogP contribution in [0.2, 0.25) is 5.02 Å². The minimum atomic E-state index is 0.367. The molecule has 0 radical (unpaired) electrons. The third-order valence-corrected chi connectivity index (χ3v) is 6.78. The highest BCUT2D eigenvalue weighted by Gasteiger charge is 2.21. The number of aromatic nitrogens is 4. The molecule has 0 amide bonds. The largest absolute Gasteiger partial charge is 0.328 e. The summed E-state index contributed by atoms with van der Waals surface area (Å²) in [4.78, 5) is 14.3. The van der Waals surface area contributed by atoms with Crippen LogP contribution in [0.25, 0.3) is 17.0 Å². The molecule has 164 valence electrons. The van der Waals surface area contributed by atoms with E-state index in [1.165, 1.54) is 18.4 Å². The molecule has 2 N–H and O–H groups in total. The lowest BCUT2D eigenvalue weighted by atomic mass is 9.84. The zero-order valence-electron chi connectivity index (χ0n) is 18.1. The van der Waals surface area contributed by atoms with Gasteiger partial charge in [-0.25, -0.2) is 4.98 Å². The van der Waals surface area contributed by atoms with E-state index in [2.05, 4.69) is 39.7 Å². The molecule has 6 heteroatoms. The molecule has 5 rings (SSSR count). The van der Waals surface area contributed by atoms with Crippen LogP contribution in [0.3, 0.4) is 0 Å². The summed E-state index contributed by atoms with van der Waals surface area (Å²) in [6, 6.07) is 14.6. The van der Waals surface area contributed by atoms with Gasteiger partial charge >= 0.3 is 0 Å². The predicted molar refractivity (Wildman–Crippen MR) is 129 cm³/mol. The second-order valence-electron chi connectivity index (χ2n) is 8.84. The van der Waals surface area contributed by atoms with Crippen LogP contribution in [-0.2, 0) is 19.3 Å². The average Bonchev–Trinajstić information content (AvgIpc) is 3.26. The Balaban J connectivity index is 1.35. The lowest BCUT2D eigenvalue weighted by Crippen LogP contribution is -2.27. The molecular weight excluding hydrogens is 418 g/mol. The molecular formula is C26H28ClN5. The van der Waals surface area contributed by atoms with Crippen LogP contribution in [0, 0.1) is 5.92 Å². The molecule has 1 aliphatic rings. The SMILES string of the molecule is NC1CCC(Cc2nccn3c(-c4cccc(CCc5ccc(Cl)cc5)n4)cnc23)CC1. The summed E-state index contributed by atoms with van der Waals surface area (Å²) < 4.78 is 2.13. The van der Waals surface area contributed by atoms with Crippen molar-refractivity contribution in [3.8, 4) is 11.4 Å². The number of benzene rings is 1. The fourth-order valence-corrected chi connectivity index (χ4v) is 4.78. The van der Waals surface area contributed by atoms with Crippen LogP contribution in [-0.4, -0.2) is 25.4 Å². The molecule has 3 heterocycles. The smallest absolute Gasteiger partial charge is 0.159 e. The van der Waals surface area contributed by atoms with E-state index in [1.807, 2.05) is 30.7 Å². The van der Waals surface area contributed by atoms with Crippen molar-refractivity contribution in [3.63, 3.8) is 0 Å². The summed E-state index contributed by atoms with van der Waals surface area (Å²) in [7, 11) is 0. The van der Waals surface area contributed by atoms with Crippen LogP contribution >= 0.6 is 11.6 Å². The molecule has 5 nitrogen and oxygen atoms in total. The zero-order valence-corrected chi connectivity index (χ0v) is 18.9. The molecule has 1 fully saturated rings. The first-order chi connectivity index (χ1) is 15.7. The Morgan fingerprint density at radius 1 is 0.969 bits per heavy atom. The second kappa shape index (κ2) is 9.39. The van der Waals surface area contributed by atoms with Crippen LogP contribution in [0.5, 0.6) is 0 Å². The maximum absolute atomic E-state index is 6.08. The van der Waals surface area contributed by atoms with Crippen molar-refractivity contribution in [2.24, 2.45) is 11.7 Å². The van der Waals surface area contributed by atoms with Gasteiger partial charge in [0.2, 0.25) is 0 Å². The Morgan fingerprint density at radius 2 is 1.78 bits per heavy atom. The molecule has 0 saturated heterocycles. The van der Waals surface area contributed by atoms with E-state index in [4.69, 9.17) is 27.3 Å². The maximum Gasteiger partial charge on any atom is 0.159 e. The number of rotatable bonds is 6. The van der Waals surface area contributed by atoms with Crippen molar-refractivity contribution in [2.45, 2.75) is 51.0 Å². The molecule has 0 unspecified atom stereocenters. The minimum absolute atomic E-state index is 0.367. The standard InChI is InChI=1S/C26H28ClN5/c27-20-9-4-18(5-10-20)8-13-22-2-1-3-23(31-22)25-17-30-26-24(29-14-15-32(25)26)16-19-6-11-21(28)12-7-19/h1-5,9-10,14-15,17,19,21H,6-8,11-13,16,28H2. The number of pyridine rings is 1. The minimum Gasteiger partial charge on any atom is -0.328 e. The molecule has 1 saturated carbocycles. The Morgan fingerprint density at radius 3 is 2.59 bits per heavy atom. The van der Waals surface area contributed by atoms with Crippen molar-refractivity contribution in [1.29, 1.82) is 0 Å². The highest BCUT2D eigenvalue weighted by atomic mass is 35.5. The summed E-state index contributed by atoms with van der Waals surface area (Å²) in [5, 5.41) is 0.766. The van der Waals surface area contributed by atoms with E-state index in [0.717, 1.165) is 65.5 Å². The number of imidazole rings is 1. The average molecular weight is 446 g/mol. The summed E-state index contributed by atoms with van der Waals surface area (Å²) in [6.07, 6.45) is 13.1. The summed E-state index contributed by atoms with van der Waals surface area (Å²) in [5.41, 5.74) is 12.3. The normalized spacial score (nSPS) is 18.8. The van der Waals surface area contributed by atoms with Gasteiger partial charge in [-0.2, -0.15) is 0 Å². The van der Waals surface area contributed by atoms with Gasteiger partial charge in [0, 0.05) is 29.2 Å². The van der Waals surface area contributed by atoms with E-state index < -0.39 is 0 Å². The number of nitrogens with zero attached hydrogens (tertiary/aromatic N) is 4. The van der Waals surface area contributed by atoms with Crippen LogP contribution in [0.4, 0.5) is 0 Å². The molecule has 0 aliphatic heterocycles. The third kappa shape index (κ3) is 4.69.